The number of carbonyl (C=O) groups is 2. The molecule has 0 fully saturated rings. The van der Waals surface area contributed by atoms with Gasteiger partial charge in [-0.25, -0.2) is 9.97 Å². The van der Waals surface area contributed by atoms with E-state index in [0.29, 0.717) is 17.2 Å². The molecule has 1 aromatic heterocycles. The fourth-order valence-corrected chi connectivity index (χ4v) is 3.06. The van der Waals surface area contributed by atoms with Crippen LogP contribution in [0.4, 0.5) is 17.2 Å². The number of nitrogens with one attached hydrogen (secondary N) is 2. The zero-order chi connectivity index (χ0) is 21.0. The van der Waals surface area contributed by atoms with Gasteiger partial charge in [0.05, 0.1) is 0 Å². The lowest BCUT2D eigenvalue weighted by Crippen LogP contribution is -2.17. The van der Waals surface area contributed by atoms with E-state index < -0.39 is 0 Å². The smallest absolute Gasteiger partial charge is 0.274 e. The zero-order valence-corrected chi connectivity index (χ0v) is 17.0. The van der Waals surface area contributed by atoms with Gasteiger partial charge in [0.15, 0.2) is 5.78 Å². The highest BCUT2D eigenvalue weighted by atomic mass is 16.2. The SMILES string of the molecule is CCc1cccc(C)c1NC(=O)c1cc(Nc2ccc(C(C)=O)cc2)nc(C)n1. The van der Waals surface area contributed by atoms with Crippen LogP contribution in [-0.2, 0) is 6.42 Å². The first-order valence-corrected chi connectivity index (χ1v) is 9.51. The lowest BCUT2D eigenvalue weighted by Gasteiger charge is -2.13. The van der Waals surface area contributed by atoms with E-state index in [0.717, 1.165) is 28.9 Å². The number of amides is 1. The highest BCUT2D eigenvalue weighted by molar-refractivity contribution is 6.04. The Bertz CT molecular complexity index is 1060. The van der Waals surface area contributed by atoms with Gasteiger partial charge in [0.1, 0.15) is 17.3 Å². The van der Waals surface area contributed by atoms with Gasteiger partial charge in [-0.05, 0) is 62.6 Å². The number of Topliss-reactive ketones (excluding diaryl/α,β-unsaturated/α-hetero) is 1. The van der Waals surface area contributed by atoms with Gasteiger partial charge in [-0.2, -0.15) is 0 Å². The number of rotatable bonds is 6. The molecule has 148 valence electrons. The summed E-state index contributed by atoms with van der Waals surface area (Å²) in [5, 5.41) is 6.15. The van der Waals surface area contributed by atoms with Crippen molar-refractivity contribution in [1.82, 2.24) is 9.97 Å². The van der Waals surface area contributed by atoms with Crippen LogP contribution in [0.15, 0.2) is 48.5 Å². The number of anilines is 3. The number of nitrogens with zero attached hydrogens (tertiary/aromatic N) is 2. The minimum atomic E-state index is -0.283. The topological polar surface area (TPSA) is 84.0 Å². The first-order valence-electron chi connectivity index (χ1n) is 9.51. The Morgan fingerprint density at radius 3 is 2.38 bits per heavy atom. The third-order valence-corrected chi connectivity index (χ3v) is 4.61. The molecule has 2 N–H and O–H groups in total. The molecule has 2 aromatic carbocycles. The number of carbonyl (C=O) groups excluding carboxylic acids is 2. The van der Waals surface area contributed by atoms with Crippen molar-refractivity contribution in [3.8, 4) is 0 Å². The van der Waals surface area contributed by atoms with Crippen LogP contribution in [0.5, 0.6) is 0 Å². The number of aromatic nitrogens is 2. The van der Waals surface area contributed by atoms with Gasteiger partial charge in [0.2, 0.25) is 0 Å². The molecule has 0 saturated heterocycles. The van der Waals surface area contributed by atoms with Crippen LogP contribution in [0.2, 0.25) is 0 Å². The van der Waals surface area contributed by atoms with Gasteiger partial charge in [-0.1, -0.05) is 25.1 Å². The van der Waals surface area contributed by atoms with Crippen LogP contribution in [0.25, 0.3) is 0 Å². The highest BCUT2D eigenvalue weighted by Gasteiger charge is 2.14. The van der Waals surface area contributed by atoms with Gasteiger partial charge in [0.25, 0.3) is 5.91 Å². The molecule has 0 saturated carbocycles. The van der Waals surface area contributed by atoms with Crippen molar-refractivity contribution in [2.45, 2.75) is 34.1 Å². The lowest BCUT2D eigenvalue weighted by molar-refractivity contribution is 0.101. The minimum Gasteiger partial charge on any atom is -0.340 e. The van der Waals surface area contributed by atoms with Crippen molar-refractivity contribution in [1.29, 1.82) is 0 Å². The van der Waals surface area contributed by atoms with E-state index in [2.05, 4.69) is 27.5 Å². The van der Waals surface area contributed by atoms with E-state index in [4.69, 9.17) is 0 Å². The van der Waals surface area contributed by atoms with E-state index in [1.807, 2.05) is 25.1 Å². The number of aryl methyl sites for hydroxylation is 3. The molecule has 6 nitrogen and oxygen atoms in total. The number of para-hydroxylation sites is 1. The summed E-state index contributed by atoms with van der Waals surface area (Å²) in [6, 6.07) is 14.7. The van der Waals surface area contributed by atoms with Gasteiger partial charge < -0.3 is 10.6 Å². The molecule has 0 aliphatic carbocycles. The fourth-order valence-electron chi connectivity index (χ4n) is 3.06. The second-order valence-electron chi connectivity index (χ2n) is 6.86. The first kappa shape index (κ1) is 20.2. The van der Waals surface area contributed by atoms with Gasteiger partial charge in [-0.15, -0.1) is 0 Å². The van der Waals surface area contributed by atoms with E-state index >= 15 is 0 Å². The molecule has 3 aromatic rings. The van der Waals surface area contributed by atoms with Crippen molar-refractivity contribution in [3.63, 3.8) is 0 Å². The zero-order valence-electron chi connectivity index (χ0n) is 17.0. The van der Waals surface area contributed by atoms with Crippen LogP contribution in [0.3, 0.4) is 0 Å². The van der Waals surface area contributed by atoms with Crippen LogP contribution < -0.4 is 10.6 Å². The summed E-state index contributed by atoms with van der Waals surface area (Å²) in [4.78, 5) is 32.9. The third kappa shape index (κ3) is 4.85. The molecule has 0 unspecified atom stereocenters. The minimum absolute atomic E-state index is 0.0102. The van der Waals surface area contributed by atoms with Crippen molar-refractivity contribution in [2.75, 3.05) is 10.6 Å². The molecule has 0 radical (unpaired) electrons. The lowest BCUT2D eigenvalue weighted by atomic mass is 10.1. The normalized spacial score (nSPS) is 10.5. The number of hydrogen-bond acceptors (Lipinski definition) is 5. The number of ketones is 1. The molecular weight excluding hydrogens is 364 g/mol. The van der Waals surface area contributed by atoms with Gasteiger partial charge in [0, 0.05) is 23.0 Å². The van der Waals surface area contributed by atoms with Crippen molar-refractivity contribution < 1.29 is 9.59 Å². The average molecular weight is 388 g/mol. The summed E-state index contributed by atoms with van der Waals surface area (Å²) >= 11 is 0. The molecule has 0 spiro atoms. The molecule has 29 heavy (non-hydrogen) atoms. The number of benzene rings is 2. The predicted octanol–water partition coefficient (Wildman–Crippen LogP) is 4.85. The maximum absolute atomic E-state index is 12.8. The molecule has 6 heteroatoms. The summed E-state index contributed by atoms with van der Waals surface area (Å²) in [5.74, 6) is 0.727. The summed E-state index contributed by atoms with van der Waals surface area (Å²) < 4.78 is 0. The molecule has 1 amide bonds. The van der Waals surface area contributed by atoms with E-state index in [-0.39, 0.29) is 17.4 Å². The van der Waals surface area contributed by atoms with Crippen LogP contribution in [0, 0.1) is 13.8 Å². The Hall–Kier alpha value is -3.54. The van der Waals surface area contributed by atoms with Crippen LogP contribution in [-0.4, -0.2) is 21.7 Å². The maximum atomic E-state index is 12.8. The second-order valence-corrected chi connectivity index (χ2v) is 6.86. The molecule has 0 bridgehead atoms. The largest absolute Gasteiger partial charge is 0.340 e. The quantitative estimate of drug-likeness (QED) is 0.590. The molecule has 1 heterocycles. The second kappa shape index (κ2) is 8.65. The Balaban J connectivity index is 1.83. The molecule has 0 aliphatic heterocycles. The van der Waals surface area contributed by atoms with E-state index in [1.165, 1.54) is 6.92 Å². The van der Waals surface area contributed by atoms with E-state index in [1.54, 1.807) is 37.3 Å². The Kier molecular flexibility index (Phi) is 6.02. The summed E-state index contributed by atoms with van der Waals surface area (Å²) in [5.41, 5.74) is 4.60. The first-order chi connectivity index (χ1) is 13.9. The number of hydrogen-bond donors (Lipinski definition) is 2. The average Bonchev–Trinajstić information content (AvgIpc) is 2.69. The standard InChI is InChI=1S/C23H24N4O2/c1-5-17-8-6-7-14(2)22(17)27-23(29)20-13-21(25-16(4)24-20)26-19-11-9-18(10-12-19)15(3)28/h6-13H,5H2,1-4H3,(H,27,29)(H,24,25,26). The third-order valence-electron chi connectivity index (χ3n) is 4.61. The monoisotopic (exact) mass is 388 g/mol. The molecular formula is C23H24N4O2. The van der Waals surface area contributed by atoms with Crippen molar-refractivity contribution >= 4 is 28.9 Å². The summed E-state index contributed by atoms with van der Waals surface area (Å²) in [7, 11) is 0. The highest BCUT2D eigenvalue weighted by Crippen LogP contribution is 2.22. The van der Waals surface area contributed by atoms with Gasteiger partial charge in [-0.3, -0.25) is 9.59 Å². The van der Waals surface area contributed by atoms with Gasteiger partial charge >= 0.3 is 0 Å². The Morgan fingerprint density at radius 2 is 1.72 bits per heavy atom. The summed E-state index contributed by atoms with van der Waals surface area (Å²) in [6.45, 7) is 7.29. The summed E-state index contributed by atoms with van der Waals surface area (Å²) in [6.07, 6.45) is 0.823. The van der Waals surface area contributed by atoms with Crippen LogP contribution >= 0.6 is 0 Å². The maximum Gasteiger partial charge on any atom is 0.274 e. The Morgan fingerprint density at radius 1 is 1.00 bits per heavy atom. The fraction of sp³-hybridized carbons (Fsp3) is 0.217. The molecule has 0 aliphatic rings. The van der Waals surface area contributed by atoms with Crippen molar-refractivity contribution in [2.24, 2.45) is 0 Å². The molecule has 3 rings (SSSR count). The Labute approximate surface area is 170 Å². The van der Waals surface area contributed by atoms with Crippen LogP contribution in [0.1, 0.15) is 51.6 Å². The molecule has 0 atom stereocenters. The van der Waals surface area contributed by atoms with Crippen molar-refractivity contribution in [3.05, 3.63) is 76.7 Å². The van der Waals surface area contributed by atoms with E-state index in [9.17, 15) is 9.59 Å². The predicted molar refractivity (Wildman–Crippen MR) is 115 cm³/mol.